The van der Waals surface area contributed by atoms with Gasteiger partial charge in [0.2, 0.25) is 5.91 Å². The lowest BCUT2D eigenvalue weighted by molar-refractivity contribution is -0.123. The van der Waals surface area contributed by atoms with Crippen LogP contribution in [0.5, 0.6) is 0 Å². The largest absolute Gasteiger partial charge is 0.453 e. The van der Waals surface area contributed by atoms with Crippen molar-refractivity contribution in [3.63, 3.8) is 0 Å². The maximum absolute atomic E-state index is 14.6. The molecule has 0 atom stereocenters. The zero-order valence-electron chi connectivity index (χ0n) is 18.7. The molecule has 0 radical (unpaired) electrons. The molecule has 176 valence electrons. The first kappa shape index (κ1) is 24.3. The van der Waals surface area contributed by atoms with E-state index in [1.54, 1.807) is 20.8 Å². The van der Waals surface area contributed by atoms with Crippen LogP contribution in [-0.2, 0) is 4.79 Å². The molecule has 0 bridgehead atoms. The van der Waals surface area contributed by atoms with Gasteiger partial charge in [-0.15, -0.1) is 0 Å². The second kappa shape index (κ2) is 9.66. The first-order valence-electron chi connectivity index (χ1n) is 10.5. The number of carbonyl (C=O) groups excluding carboxylic acids is 1. The lowest BCUT2D eigenvalue weighted by Gasteiger charge is -2.18. The fraction of sp³-hybridized carbons (Fsp3) is 0.333. The Kier molecular flexibility index (Phi) is 7.12. The van der Waals surface area contributed by atoms with Crippen LogP contribution in [0.2, 0.25) is 0 Å². The van der Waals surface area contributed by atoms with Crippen molar-refractivity contribution in [1.29, 1.82) is 0 Å². The minimum atomic E-state index is -1.05. The molecule has 0 saturated heterocycles. The lowest BCUT2D eigenvalue weighted by atomic mass is 9.95. The van der Waals surface area contributed by atoms with E-state index < -0.39 is 33.9 Å². The van der Waals surface area contributed by atoms with Crippen molar-refractivity contribution in [2.24, 2.45) is 11.1 Å². The summed E-state index contributed by atoms with van der Waals surface area (Å²) < 4.78 is 49.1. The molecule has 0 aliphatic carbocycles. The minimum absolute atomic E-state index is 0.0426. The first-order chi connectivity index (χ1) is 15.5. The first-order valence-corrected chi connectivity index (χ1v) is 10.5. The molecule has 0 spiro atoms. The molecule has 0 aliphatic heterocycles. The van der Waals surface area contributed by atoms with Gasteiger partial charge in [0.05, 0.1) is 16.8 Å². The summed E-state index contributed by atoms with van der Waals surface area (Å²) >= 11 is 0. The molecule has 3 aromatic rings. The van der Waals surface area contributed by atoms with Crippen molar-refractivity contribution in [2.45, 2.75) is 33.6 Å². The molecule has 1 aromatic heterocycles. The summed E-state index contributed by atoms with van der Waals surface area (Å²) in [6, 6.07) is 5.50. The number of halogens is 3. The summed E-state index contributed by atoms with van der Waals surface area (Å²) in [7, 11) is 0. The maximum atomic E-state index is 14.6. The molecule has 3 rings (SSSR count). The highest BCUT2D eigenvalue weighted by atomic mass is 19.1. The van der Waals surface area contributed by atoms with E-state index in [4.69, 9.17) is 10.2 Å². The average molecular weight is 461 g/mol. The zero-order chi connectivity index (χ0) is 24.3. The number of hydrogen-bond donors (Lipinski definition) is 3. The zero-order valence-corrected chi connectivity index (χ0v) is 18.7. The molecular formula is C24H26F3N3O3. The van der Waals surface area contributed by atoms with E-state index in [2.05, 4.69) is 10.6 Å². The SMILES string of the molecule is CC(C)(C)C(=O)Nc1ccc(-c2cc(=O)c3c(NCCCCN)c(F)cc(F)c3o2)cc1F. The Morgan fingerprint density at radius 1 is 1.03 bits per heavy atom. The second-order valence-corrected chi connectivity index (χ2v) is 8.72. The molecule has 2 aromatic carbocycles. The molecular weight excluding hydrogens is 435 g/mol. The summed E-state index contributed by atoms with van der Waals surface area (Å²) in [5, 5.41) is 5.04. The second-order valence-electron chi connectivity index (χ2n) is 8.72. The highest BCUT2D eigenvalue weighted by Crippen LogP contribution is 2.31. The third-order valence-electron chi connectivity index (χ3n) is 5.02. The molecule has 33 heavy (non-hydrogen) atoms. The number of amides is 1. The van der Waals surface area contributed by atoms with Gasteiger partial charge >= 0.3 is 0 Å². The van der Waals surface area contributed by atoms with Gasteiger partial charge in [0.25, 0.3) is 0 Å². The smallest absolute Gasteiger partial charge is 0.229 e. The van der Waals surface area contributed by atoms with E-state index >= 15 is 0 Å². The van der Waals surface area contributed by atoms with E-state index in [1.165, 1.54) is 12.1 Å². The third-order valence-corrected chi connectivity index (χ3v) is 5.02. The molecule has 4 N–H and O–H groups in total. The maximum Gasteiger partial charge on any atom is 0.229 e. The van der Waals surface area contributed by atoms with Gasteiger partial charge in [-0.3, -0.25) is 9.59 Å². The van der Waals surface area contributed by atoms with E-state index in [0.29, 0.717) is 32.0 Å². The predicted octanol–water partition coefficient (Wildman–Crippen LogP) is 5.01. The highest BCUT2D eigenvalue weighted by molar-refractivity contribution is 5.95. The normalized spacial score (nSPS) is 11.6. The van der Waals surface area contributed by atoms with Gasteiger partial charge < -0.3 is 20.8 Å². The standard InChI is InChI=1S/C24H26F3N3O3/c1-24(2,3)23(32)30-17-7-6-13(10-14(17)25)19-12-18(31)20-21(29-9-5-4-8-28)15(26)11-16(27)22(20)33-19/h6-7,10-12,29H,4-5,8-9,28H2,1-3H3,(H,30,32). The van der Waals surface area contributed by atoms with Crippen LogP contribution < -0.4 is 21.8 Å². The van der Waals surface area contributed by atoms with Gasteiger partial charge in [-0.1, -0.05) is 20.8 Å². The number of benzene rings is 2. The van der Waals surface area contributed by atoms with Gasteiger partial charge in [0, 0.05) is 29.7 Å². The van der Waals surface area contributed by atoms with Crippen LogP contribution in [-0.4, -0.2) is 19.0 Å². The Morgan fingerprint density at radius 3 is 2.39 bits per heavy atom. The molecule has 0 saturated carbocycles. The van der Waals surface area contributed by atoms with Crippen molar-refractivity contribution in [3.05, 3.63) is 58.0 Å². The van der Waals surface area contributed by atoms with E-state index in [0.717, 1.165) is 12.1 Å². The molecule has 0 aliphatic rings. The monoisotopic (exact) mass is 461 g/mol. The number of fused-ring (bicyclic) bond motifs is 1. The fourth-order valence-electron chi connectivity index (χ4n) is 3.14. The Morgan fingerprint density at radius 2 is 1.76 bits per heavy atom. The van der Waals surface area contributed by atoms with Crippen LogP contribution in [0.15, 0.2) is 39.5 Å². The molecule has 1 amide bonds. The summed E-state index contributed by atoms with van der Waals surface area (Å²) in [6.45, 7) is 5.88. The lowest BCUT2D eigenvalue weighted by Crippen LogP contribution is -2.28. The molecule has 0 fully saturated rings. The number of hydrogen-bond acceptors (Lipinski definition) is 5. The van der Waals surface area contributed by atoms with Crippen LogP contribution in [0.3, 0.4) is 0 Å². The number of nitrogens with one attached hydrogen (secondary N) is 2. The van der Waals surface area contributed by atoms with Crippen molar-refractivity contribution < 1.29 is 22.4 Å². The Hall–Kier alpha value is -3.33. The Bertz CT molecular complexity index is 1250. The van der Waals surface area contributed by atoms with E-state index in [9.17, 15) is 22.8 Å². The number of anilines is 2. The number of nitrogens with two attached hydrogens (primary N) is 1. The number of unbranched alkanes of at least 4 members (excludes halogenated alkanes) is 1. The summed E-state index contributed by atoms with van der Waals surface area (Å²) in [5.41, 5.74) is 3.55. The van der Waals surface area contributed by atoms with Gasteiger partial charge in [0.15, 0.2) is 16.8 Å². The Balaban J connectivity index is 2.01. The quantitative estimate of drug-likeness (QED) is 0.430. The van der Waals surface area contributed by atoms with Crippen LogP contribution in [0.25, 0.3) is 22.3 Å². The van der Waals surface area contributed by atoms with Gasteiger partial charge in [0.1, 0.15) is 17.4 Å². The van der Waals surface area contributed by atoms with Crippen LogP contribution in [0, 0.1) is 22.9 Å². The molecule has 9 heteroatoms. The van der Waals surface area contributed by atoms with Crippen molar-refractivity contribution in [1.82, 2.24) is 0 Å². The molecule has 0 unspecified atom stereocenters. The summed E-state index contributed by atoms with van der Waals surface area (Å²) in [6.07, 6.45) is 1.33. The van der Waals surface area contributed by atoms with Crippen LogP contribution in [0.4, 0.5) is 24.5 Å². The third kappa shape index (κ3) is 5.36. The molecule has 1 heterocycles. The van der Waals surface area contributed by atoms with Crippen LogP contribution >= 0.6 is 0 Å². The van der Waals surface area contributed by atoms with Gasteiger partial charge in [-0.2, -0.15) is 0 Å². The van der Waals surface area contributed by atoms with E-state index in [-0.39, 0.29) is 34.0 Å². The molecule has 6 nitrogen and oxygen atoms in total. The van der Waals surface area contributed by atoms with Crippen molar-refractivity contribution in [3.8, 4) is 11.3 Å². The van der Waals surface area contributed by atoms with Crippen LogP contribution in [0.1, 0.15) is 33.6 Å². The number of carbonyl (C=O) groups is 1. The topological polar surface area (TPSA) is 97.4 Å². The van der Waals surface area contributed by atoms with Gasteiger partial charge in [-0.05, 0) is 37.6 Å². The van der Waals surface area contributed by atoms with Gasteiger partial charge in [-0.25, -0.2) is 13.2 Å². The van der Waals surface area contributed by atoms with Crippen molar-refractivity contribution >= 4 is 28.3 Å². The fourth-order valence-corrected chi connectivity index (χ4v) is 3.14. The van der Waals surface area contributed by atoms with E-state index in [1.807, 2.05) is 0 Å². The summed E-state index contributed by atoms with van der Waals surface area (Å²) in [5.74, 6) is -3.20. The average Bonchev–Trinajstić information content (AvgIpc) is 2.73. The summed E-state index contributed by atoms with van der Waals surface area (Å²) in [4.78, 5) is 24.9. The number of rotatable bonds is 7. The minimum Gasteiger partial charge on any atom is -0.453 e. The Labute approximate surface area is 189 Å². The predicted molar refractivity (Wildman–Crippen MR) is 123 cm³/mol. The van der Waals surface area contributed by atoms with Crippen molar-refractivity contribution in [2.75, 3.05) is 23.7 Å². The highest BCUT2D eigenvalue weighted by Gasteiger charge is 2.23.